The number of benzene rings is 4. The molecule has 0 atom stereocenters. The predicted octanol–water partition coefficient (Wildman–Crippen LogP) is 9.05. The first-order chi connectivity index (χ1) is 18.8. The quantitative estimate of drug-likeness (QED) is 0.218. The standard InChI is InChI=1S/C35H27N3/c1-3-5-14-25(4-2)27-17-13-18-28(23-27)32-24-31(26-15-7-6-8-16-26)36-35(37-32)38-33-21-11-9-19-29(33)30-20-10-12-22-34(30)38/h3-24H,2H2,1H3/b5-3-,25-14+. The average Bonchev–Trinajstić information content (AvgIpc) is 3.32. The number of aromatic nitrogens is 3. The Balaban J connectivity index is 1.61. The van der Waals surface area contributed by atoms with Crippen molar-refractivity contribution in [2.45, 2.75) is 6.92 Å². The number of rotatable bonds is 6. The number of nitrogens with zero attached hydrogens (tertiary/aromatic N) is 3. The van der Waals surface area contributed by atoms with Crippen LogP contribution < -0.4 is 0 Å². The summed E-state index contributed by atoms with van der Waals surface area (Å²) in [7, 11) is 0. The fraction of sp³-hybridized carbons (Fsp3) is 0.0286. The van der Waals surface area contributed by atoms with E-state index in [0.29, 0.717) is 5.95 Å². The number of allylic oxidation sites excluding steroid dienone is 5. The topological polar surface area (TPSA) is 30.7 Å². The highest BCUT2D eigenvalue weighted by atomic mass is 15.2. The lowest BCUT2D eigenvalue weighted by Crippen LogP contribution is -2.04. The fourth-order valence-corrected chi connectivity index (χ4v) is 4.92. The monoisotopic (exact) mass is 489 g/mol. The molecule has 6 aromatic rings. The maximum Gasteiger partial charge on any atom is 0.235 e. The highest BCUT2D eigenvalue weighted by Gasteiger charge is 2.16. The fourth-order valence-electron chi connectivity index (χ4n) is 4.92. The molecule has 182 valence electrons. The van der Waals surface area contributed by atoms with Crippen molar-refractivity contribution in [1.29, 1.82) is 0 Å². The van der Waals surface area contributed by atoms with Gasteiger partial charge in [0.05, 0.1) is 22.4 Å². The van der Waals surface area contributed by atoms with E-state index in [1.54, 1.807) is 0 Å². The van der Waals surface area contributed by atoms with Crippen LogP contribution in [0.15, 0.2) is 140 Å². The van der Waals surface area contributed by atoms with Crippen molar-refractivity contribution in [3.8, 4) is 28.5 Å². The van der Waals surface area contributed by atoms with Crippen molar-refractivity contribution in [2.75, 3.05) is 0 Å². The Bertz CT molecular complexity index is 1790. The summed E-state index contributed by atoms with van der Waals surface area (Å²) in [6, 6.07) is 37.7. The first kappa shape index (κ1) is 23.4. The van der Waals surface area contributed by atoms with Gasteiger partial charge in [0.2, 0.25) is 5.95 Å². The van der Waals surface area contributed by atoms with Crippen LogP contribution in [0.1, 0.15) is 12.5 Å². The van der Waals surface area contributed by atoms with Crippen LogP contribution in [0.3, 0.4) is 0 Å². The molecule has 38 heavy (non-hydrogen) atoms. The molecule has 0 aliphatic carbocycles. The molecule has 0 amide bonds. The van der Waals surface area contributed by atoms with Crippen LogP contribution in [0.5, 0.6) is 0 Å². The normalized spacial score (nSPS) is 12.0. The van der Waals surface area contributed by atoms with E-state index >= 15 is 0 Å². The second kappa shape index (κ2) is 10.2. The largest absolute Gasteiger partial charge is 0.278 e. The van der Waals surface area contributed by atoms with Gasteiger partial charge in [-0.05, 0) is 42.3 Å². The van der Waals surface area contributed by atoms with Crippen molar-refractivity contribution in [3.63, 3.8) is 0 Å². The summed E-state index contributed by atoms with van der Waals surface area (Å²) in [6.45, 7) is 6.03. The first-order valence-corrected chi connectivity index (χ1v) is 12.8. The maximum absolute atomic E-state index is 5.15. The summed E-state index contributed by atoms with van der Waals surface area (Å²) in [5, 5.41) is 2.37. The lowest BCUT2D eigenvalue weighted by molar-refractivity contribution is 0.995. The van der Waals surface area contributed by atoms with Crippen LogP contribution >= 0.6 is 0 Å². The summed E-state index contributed by atoms with van der Waals surface area (Å²) >= 11 is 0. The average molecular weight is 490 g/mol. The number of hydrogen-bond donors (Lipinski definition) is 0. The summed E-state index contributed by atoms with van der Waals surface area (Å²) in [4.78, 5) is 10.3. The summed E-state index contributed by atoms with van der Waals surface area (Å²) in [5.41, 5.74) is 8.15. The second-order valence-electron chi connectivity index (χ2n) is 9.11. The molecule has 0 unspecified atom stereocenters. The van der Waals surface area contributed by atoms with Gasteiger partial charge in [-0.3, -0.25) is 4.57 Å². The van der Waals surface area contributed by atoms with Crippen molar-refractivity contribution < 1.29 is 0 Å². The van der Waals surface area contributed by atoms with Crippen LogP contribution in [0.4, 0.5) is 0 Å². The molecule has 3 heteroatoms. The van der Waals surface area contributed by atoms with Gasteiger partial charge in [0, 0.05) is 21.9 Å². The minimum absolute atomic E-state index is 0.651. The van der Waals surface area contributed by atoms with Gasteiger partial charge in [-0.25, -0.2) is 9.97 Å². The van der Waals surface area contributed by atoms with Crippen LogP contribution in [0.2, 0.25) is 0 Å². The highest BCUT2D eigenvalue weighted by molar-refractivity contribution is 6.09. The smallest absolute Gasteiger partial charge is 0.235 e. The van der Waals surface area contributed by atoms with Crippen molar-refractivity contribution >= 4 is 27.4 Å². The van der Waals surface area contributed by atoms with Gasteiger partial charge in [0.25, 0.3) is 0 Å². The Kier molecular flexibility index (Phi) is 6.25. The van der Waals surface area contributed by atoms with Crippen LogP contribution in [0, 0.1) is 0 Å². The molecule has 0 aliphatic rings. The van der Waals surface area contributed by atoms with Crippen molar-refractivity contribution in [2.24, 2.45) is 0 Å². The minimum Gasteiger partial charge on any atom is -0.278 e. The second-order valence-corrected chi connectivity index (χ2v) is 9.11. The van der Waals surface area contributed by atoms with Crippen LogP contribution in [-0.2, 0) is 0 Å². The lowest BCUT2D eigenvalue weighted by Gasteiger charge is -2.12. The molecule has 2 heterocycles. The molecule has 6 rings (SSSR count). The molecular formula is C35H27N3. The molecule has 0 radical (unpaired) electrons. The van der Waals surface area contributed by atoms with Gasteiger partial charge < -0.3 is 0 Å². The molecular weight excluding hydrogens is 462 g/mol. The summed E-state index contributed by atoms with van der Waals surface area (Å²) < 4.78 is 2.17. The Morgan fingerprint density at radius 1 is 0.684 bits per heavy atom. The van der Waals surface area contributed by atoms with Gasteiger partial charge in [-0.1, -0.05) is 116 Å². The van der Waals surface area contributed by atoms with E-state index in [-0.39, 0.29) is 0 Å². The summed E-state index contributed by atoms with van der Waals surface area (Å²) in [6.07, 6.45) is 8.01. The molecule has 0 bridgehead atoms. The molecule has 0 spiro atoms. The van der Waals surface area contributed by atoms with Crippen LogP contribution in [0.25, 0.3) is 55.8 Å². The molecule has 0 saturated heterocycles. The maximum atomic E-state index is 5.15. The molecule has 4 aromatic carbocycles. The SMILES string of the molecule is C=C/C(=C\C=C/C)c1cccc(-c2cc(-c3ccccc3)nc(-n3c4ccccc4c4ccccc43)n2)c1. The predicted molar refractivity (Wildman–Crippen MR) is 160 cm³/mol. The third kappa shape index (κ3) is 4.25. The highest BCUT2D eigenvalue weighted by Crippen LogP contribution is 2.33. The van der Waals surface area contributed by atoms with E-state index in [2.05, 4.69) is 108 Å². The first-order valence-electron chi connectivity index (χ1n) is 12.8. The van der Waals surface area contributed by atoms with Crippen molar-refractivity contribution in [1.82, 2.24) is 14.5 Å². The zero-order valence-corrected chi connectivity index (χ0v) is 21.3. The zero-order valence-electron chi connectivity index (χ0n) is 21.3. The third-order valence-corrected chi connectivity index (χ3v) is 6.74. The molecule has 2 aromatic heterocycles. The molecule has 3 nitrogen and oxygen atoms in total. The molecule has 0 aliphatic heterocycles. The third-order valence-electron chi connectivity index (χ3n) is 6.74. The number of hydrogen-bond acceptors (Lipinski definition) is 2. The van der Waals surface area contributed by atoms with E-state index in [4.69, 9.17) is 9.97 Å². The Morgan fingerprint density at radius 2 is 1.29 bits per heavy atom. The number of para-hydroxylation sites is 2. The number of fused-ring (bicyclic) bond motifs is 3. The van der Waals surface area contributed by atoms with E-state index in [9.17, 15) is 0 Å². The van der Waals surface area contributed by atoms with Crippen LogP contribution in [-0.4, -0.2) is 14.5 Å². The van der Waals surface area contributed by atoms with E-state index in [0.717, 1.165) is 44.7 Å². The van der Waals surface area contributed by atoms with Crippen molar-refractivity contribution in [3.05, 3.63) is 146 Å². The summed E-state index contributed by atoms with van der Waals surface area (Å²) in [5.74, 6) is 0.651. The van der Waals surface area contributed by atoms with E-state index < -0.39 is 0 Å². The van der Waals surface area contributed by atoms with Gasteiger partial charge in [-0.15, -0.1) is 0 Å². The van der Waals surface area contributed by atoms with E-state index in [1.807, 2.05) is 43.4 Å². The lowest BCUT2D eigenvalue weighted by atomic mass is 10.0. The van der Waals surface area contributed by atoms with Gasteiger partial charge >= 0.3 is 0 Å². The zero-order chi connectivity index (χ0) is 25.9. The van der Waals surface area contributed by atoms with Gasteiger partial charge in [0.15, 0.2) is 0 Å². The van der Waals surface area contributed by atoms with Gasteiger partial charge in [-0.2, -0.15) is 0 Å². The Hall–Kier alpha value is -5.02. The molecule has 0 fully saturated rings. The van der Waals surface area contributed by atoms with E-state index in [1.165, 1.54) is 10.8 Å². The van der Waals surface area contributed by atoms with Gasteiger partial charge in [0.1, 0.15) is 0 Å². The Morgan fingerprint density at radius 3 is 1.95 bits per heavy atom. The Labute approximate surface area is 222 Å². The molecule has 0 N–H and O–H groups in total. The molecule has 0 saturated carbocycles. The minimum atomic E-state index is 0.651.